The minimum Gasteiger partial charge on any atom is -0.490 e. The van der Waals surface area contributed by atoms with Gasteiger partial charge in [-0.25, -0.2) is 0 Å². The zero-order valence-corrected chi connectivity index (χ0v) is 16.7. The van der Waals surface area contributed by atoms with Crippen molar-refractivity contribution in [2.24, 2.45) is 11.8 Å². The van der Waals surface area contributed by atoms with Gasteiger partial charge in [-0.2, -0.15) is 0 Å². The van der Waals surface area contributed by atoms with Gasteiger partial charge in [-0.05, 0) is 47.6 Å². The van der Waals surface area contributed by atoms with Crippen LogP contribution in [0.3, 0.4) is 0 Å². The summed E-state index contributed by atoms with van der Waals surface area (Å²) in [7, 11) is 0. The molecule has 0 amide bonds. The van der Waals surface area contributed by atoms with E-state index in [-0.39, 0.29) is 10.8 Å². The maximum absolute atomic E-state index is 6.41. The summed E-state index contributed by atoms with van der Waals surface area (Å²) in [5.41, 5.74) is 2.85. The van der Waals surface area contributed by atoms with Crippen molar-refractivity contribution in [2.75, 3.05) is 0 Å². The minimum atomic E-state index is 0.121. The SMILES string of the molecule is CC(C)[C@@H]1CC(C)(C)c2cc3c(cc2O1)C(C)(C)C[C@@H](C(C)C)O3. The first-order valence-corrected chi connectivity index (χ1v) is 9.53. The molecule has 3 rings (SSSR count). The van der Waals surface area contributed by atoms with Crippen LogP contribution < -0.4 is 9.47 Å². The summed E-state index contributed by atoms with van der Waals surface area (Å²) >= 11 is 0. The molecule has 2 nitrogen and oxygen atoms in total. The van der Waals surface area contributed by atoms with Crippen LogP contribution >= 0.6 is 0 Å². The fourth-order valence-corrected chi connectivity index (χ4v) is 4.19. The number of hydrogen-bond acceptors (Lipinski definition) is 2. The third-order valence-corrected chi connectivity index (χ3v) is 6.01. The van der Waals surface area contributed by atoms with Crippen LogP contribution in [-0.2, 0) is 10.8 Å². The summed E-state index contributed by atoms with van der Waals surface area (Å²) in [5, 5.41) is 0. The van der Waals surface area contributed by atoms with Gasteiger partial charge in [-0.15, -0.1) is 0 Å². The van der Waals surface area contributed by atoms with E-state index in [1.807, 2.05) is 0 Å². The Morgan fingerprint density at radius 3 is 1.38 bits per heavy atom. The first-order valence-electron chi connectivity index (χ1n) is 9.53. The van der Waals surface area contributed by atoms with Crippen LogP contribution in [-0.4, -0.2) is 12.2 Å². The van der Waals surface area contributed by atoms with Gasteiger partial charge < -0.3 is 9.47 Å². The van der Waals surface area contributed by atoms with Crippen molar-refractivity contribution in [3.05, 3.63) is 23.3 Å². The van der Waals surface area contributed by atoms with Gasteiger partial charge in [0.2, 0.25) is 0 Å². The van der Waals surface area contributed by atoms with Crippen molar-refractivity contribution in [1.29, 1.82) is 0 Å². The Kier molecular flexibility index (Phi) is 4.17. The maximum atomic E-state index is 6.41. The molecule has 0 fully saturated rings. The summed E-state index contributed by atoms with van der Waals surface area (Å²) in [5.74, 6) is 3.21. The van der Waals surface area contributed by atoms with E-state index < -0.39 is 0 Å². The van der Waals surface area contributed by atoms with E-state index in [2.05, 4.69) is 67.5 Å². The lowest BCUT2D eigenvalue weighted by molar-refractivity contribution is 0.0827. The van der Waals surface area contributed by atoms with Crippen molar-refractivity contribution in [1.82, 2.24) is 0 Å². The van der Waals surface area contributed by atoms with Crippen molar-refractivity contribution < 1.29 is 9.47 Å². The van der Waals surface area contributed by atoms with Crippen LogP contribution in [0.5, 0.6) is 11.5 Å². The van der Waals surface area contributed by atoms with E-state index in [4.69, 9.17) is 9.47 Å². The molecule has 134 valence electrons. The fourth-order valence-electron chi connectivity index (χ4n) is 4.19. The average molecular weight is 331 g/mol. The monoisotopic (exact) mass is 330 g/mol. The Morgan fingerprint density at radius 2 is 1.08 bits per heavy atom. The molecule has 0 saturated heterocycles. The van der Waals surface area contributed by atoms with Crippen LogP contribution in [0.1, 0.15) is 79.4 Å². The summed E-state index contributed by atoms with van der Waals surface area (Å²) in [4.78, 5) is 0. The highest BCUT2D eigenvalue weighted by Gasteiger charge is 2.41. The number of hydrogen-bond donors (Lipinski definition) is 0. The third-order valence-electron chi connectivity index (χ3n) is 6.01. The molecule has 0 aliphatic carbocycles. The highest BCUT2D eigenvalue weighted by molar-refractivity contribution is 5.54. The van der Waals surface area contributed by atoms with E-state index in [1.54, 1.807) is 0 Å². The van der Waals surface area contributed by atoms with E-state index in [0.717, 1.165) is 24.3 Å². The van der Waals surface area contributed by atoms with Crippen molar-refractivity contribution in [3.8, 4) is 11.5 Å². The molecule has 2 aliphatic rings. The summed E-state index contributed by atoms with van der Waals surface area (Å²) in [6.45, 7) is 18.4. The molecule has 2 heteroatoms. The molecule has 0 spiro atoms. The molecular weight excluding hydrogens is 296 g/mol. The quantitative estimate of drug-likeness (QED) is 0.676. The largest absolute Gasteiger partial charge is 0.490 e. The molecular formula is C22H34O2. The van der Waals surface area contributed by atoms with Gasteiger partial charge in [0, 0.05) is 11.1 Å². The van der Waals surface area contributed by atoms with E-state index in [1.165, 1.54) is 11.1 Å². The molecule has 0 bridgehead atoms. The normalized spacial score (nSPS) is 27.2. The lowest BCUT2D eigenvalue weighted by Crippen LogP contribution is -2.40. The number of rotatable bonds is 2. The standard InChI is InChI=1S/C22H34O2/c1-13(2)19-11-21(5,6)15-10-18-16(9-17(15)23-19)22(7,8)12-20(24-18)14(3)4/h9-10,13-14,19-20H,11-12H2,1-8H3/t19-,20-/m0/s1. The molecule has 24 heavy (non-hydrogen) atoms. The molecule has 0 saturated carbocycles. The zero-order chi connectivity index (χ0) is 17.9. The summed E-state index contributed by atoms with van der Waals surface area (Å²) in [6.07, 6.45) is 2.71. The smallest absolute Gasteiger partial charge is 0.124 e. The fraction of sp³-hybridized carbons (Fsp3) is 0.727. The van der Waals surface area contributed by atoms with E-state index >= 15 is 0 Å². The molecule has 2 atom stereocenters. The van der Waals surface area contributed by atoms with Crippen molar-refractivity contribution in [2.45, 2.75) is 91.3 Å². The third kappa shape index (κ3) is 2.93. The summed E-state index contributed by atoms with van der Waals surface area (Å²) < 4.78 is 12.8. The first-order chi connectivity index (χ1) is 11.0. The predicted molar refractivity (Wildman–Crippen MR) is 100 cm³/mol. The number of ether oxygens (including phenoxy) is 2. The topological polar surface area (TPSA) is 18.5 Å². The lowest BCUT2D eigenvalue weighted by atomic mass is 9.71. The first kappa shape index (κ1) is 17.6. The van der Waals surface area contributed by atoms with Gasteiger partial charge >= 0.3 is 0 Å². The second-order valence-corrected chi connectivity index (χ2v) is 9.82. The van der Waals surface area contributed by atoms with Gasteiger partial charge in [0.05, 0.1) is 0 Å². The van der Waals surface area contributed by atoms with Crippen LogP contribution in [0.25, 0.3) is 0 Å². The van der Waals surface area contributed by atoms with Gasteiger partial charge in [0.1, 0.15) is 23.7 Å². The molecule has 1 aromatic rings. The average Bonchev–Trinajstić information content (AvgIpc) is 2.44. The van der Waals surface area contributed by atoms with Gasteiger partial charge in [-0.1, -0.05) is 55.4 Å². The lowest BCUT2D eigenvalue weighted by Gasteiger charge is -2.43. The highest BCUT2D eigenvalue weighted by atomic mass is 16.5. The Morgan fingerprint density at radius 1 is 0.750 bits per heavy atom. The van der Waals surface area contributed by atoms with E-state index in [0.29, 0.717) is 24.0 Å². The van der Waals surface area contributed by atoms with Gasteiger partial charge in [-0.3, -0.25) is 0 Å². The molecule has 0 unspecified atom stereocenters. The molecule has 2 aliphatic heterocycles. The Bertz CT molecular complexity index is 569. The summed E-state index contributed by atoms with van der Waals surface area (Å²) in [6, 6.07) is 4.55. The Balaban J connectivity index is 2.09. The molecule has 0 radical (unpaired) electrons. The highest BCUT2D eigenvalue weighted by Crippen LogP contribution is 2.50. The molecule has 2 heterocycles. The van der Waals surface area contributed by atoms with Gasteiger partial charge in [0.25, 0.3) is 0 Å². The Labute approximate surface area is 147 Å². The second kappa shape index (κ2) is 5.68. The van der Waals surface area contributed by atoms with Crippen LogP contribution in [0.2, 0.25) is 0 Å². The van der Waals surface area contributed by atoms with Crippen LogP contribution in [0, 0.1) is 11.8 Å². The van der Waals surface area contributed by atoms with Crippen LogP contribution in [0.4, 0.5) is 0 Å². The number of fused-ring (bicyclic) bond motifs is 2. The molecule has 1 aromatic carbocycles. The predicted octanol–water partition coefficient (Wildman–Crippen LogP) is 5.86. The zero-order valence-electron chi connectivity index (χ0n) is 16.7. The van der Waals surface area contributed by atoms with E-state index in [9.17, 15) is 0 Å². The Hall–Kier alpha value is -1.18. The minimum absolute atomic E-state index is 0.121. The van der Waals surface area contributed by atoms with Gasteiger partial charge in [0.15, 0.2) is 0 Å². The van der Waals surface area contributed by atoms with Crippen molar-refractivity contribution in [3.63, 3.8) is 0 Å². The number of benzene rings is 1. The van der Waals surface area contributed by atoms with Crippen molar-refractivity contribution >= 4 is 0 Å². The molecule has 0 aromatic heterocycles. The second-order valence-electron chi connectivity index (χ2n) is 9.82. The molecule has 0 N–H and O–H groups in total. The van der Waals surface area contributed by atoms with Crippen LogP contribution in [0.15, 0.2) is 12.1 Å². The maximum Gasteiger partial charge on any atom is 0.124 e.